The van der Waals surface area contributed by atoms with E-state index in [1.165, 1.54) is 11.6 Å². The van der Waals surface area contributed by atoms with Crippen molar-refractivity contribution < 1.29 is 4.74 Å². The fourth-order valence-corrected chi connectivity index (χ4v) is 2.82. The second-order valence-corrected chi connectivity index (χ2v) is 10.1. The van der Waals surface area contributed by atoms with Crippen LogP contribution in [0.25, 0.3) is 0 Å². The molecule has 2 heteroatoms. The van der Waals surface area contributed by atoms with Crippen LogP contribution in [0.15, 0.2) is 24.3 Å². The van der Waals surface area contributed by atoms with Crippen molar-refractivity contribution in [2.45, 2.75) is 25.7 Å². The molecule has 0 aromatic heterocycles. The van der Waals surface area contributed by atoms with Crippen LogP contribution in [-0.2, 0) is 6.04 Å². The zero-order valence-electron chi connectivity index (χ0n) is 8.92. The summed E-state index contributed by atoms with van der Waals surface area (Å²) in [6.45, 7) is 7.16. The van der Waals surface area contributed by atoms with Crippen LogP contribution >= 0.6 is 0 Å². The summed E-state index contributed by atoms with van der Waals surface area (Å²) in [5, 5.41) is 0. The monoisotopic (exact) mass is 195 g/mol. The number of hydrogen-bond acceptors (Lipinski definition) is 1. The Morgan fingerprint density at radius 2 is 1.62 bits per heavy atom. The van der Waals surface area contributed by atoms with E-state index >= 15 is 0 Å². The SMILES string of the molecule is COc1ccc([13CH2][Si](C)(C)C)cc1. The topological polar surface area (TPSA) is 9.23 Å². The fourth-order valence-electron chi connectivity index (χ4n) is 1.36. The summed E-state index contributed by atoms with van der Waals surface area (Å²) in [5.41, 5.74) is 1.43. The third-order valence-corrected chi connectivity index (χ3v) is 3.36. The highest BCUT2D eigenvalue weighted by atomic mass is 28.3. The lowest BCUT2D eigenvalue weighted by Crippen LogP contribution is -2.23. The predicted octanol–water partition coefficient (Wildman–Crippen LogP) is 3.12. The standard InChI is InChI=1S/C11H18OSi/c1-12-11-7-5-10(6-8-11)9-13(2,3)4/h5-8H,9H2,1-4H3/i9+1. The molecule has 0 aliphatic heterocycles. The van der Waals surface area contributed by atoms with Crippen molar-refractivity contribution in [3.63, 3.8) is 0 Å². The van der Waals surface area contributed by atoms with Crippen LogP contribution in [0.2, 0.25) is 19.6 Å². The van der Waals surface area contributed by atoms with Gasteiger partial charge in [0.05, 0.1) is 7.11 Å². The number of ether oxygens (including phenoxy) is 1. The van der Waals surface area contributed by atoms with E-state index in [2.05, 4.69) is 31.8 Å². The van der Waals surface area contributed by atoms with Gasteiger partial charge in [0.1, 0.15) is 5.75 Å². The Morgan fingerprint density at radius 1 is 1.08 bits per heavy atom. The maximum atomic E-state index is 5.11. The summed E-state index contributed by atoms with van der Waals surface area (Å²) in [7, 11) is 0.735. The molecule has 0 spiro atoms. The van der Waals surface area contributed by atoms with E-state index in [9.17, 15) is 0 Å². The summed E-state index contributed by atoms with van der Waals surface area (Å²) in [6.07, 6.45) is 0. The van der Waals surface area contributed by atoms with Gasteiger partial charge in [-0.05, 0) is 18.2 Å². The van der Waals surface area contributed by atoms with Crippen LogP contribution in [0.4, 0.5) is 0 Å². The minimum Gasteiger partial charge on any atom is -0.497 e. The van der Waals surface area contributed by atoms with Gasteiger partial charge in [-0.2, -0.15) is 0 Å². The first kappa shape index (κ1) is 10.3. The molecule has 1 aromatic carbocycles. The second kappa shape index (κ2) is 3.96. The molecule has 72 valence electrons. The molecule has 0 saturated heterocycles. The number of benzene rings is 1. The lowest BCUT2D eigenvalue weighted by molar-refractivity contribution is 0.414. The second-order valence-electron chi connectivity index (χ2n) is 4.59. The van der Waals surface area contributed by atoms with Gasteiger partial charge < -0.3 is 4.74 Å². The quantitative estimate of drug-likeness (QED) is 0.532. The largest absolute Gasteiger partial charge is 0.497 e. The Bertz CT molecular complexity index is 258. The molecule has 0 atom stereocenters. The molecule has 0 unspecified atom stereocenters. The maximum absolute atomic E-state index is 5.11. The highest BCUT2D eigenvalue weighted by Crippen LogP contribution is 2.15. The first-order valence-corrected chi connectivity index (χ1v) is 8.35. The summed E-state index contributed by atoms with van der Waals surface area (Å²) in [5.74, 6) is 0.944. The summed E-state index contributed by atoms with van der Waals surface area (Å²) >= 11 is 0. The minimum absolute atomic E-state index is 0.944. The van der Waals surface area contributed by atoms with Crippen LogP contribution in [0.5, 0.6) is 5.75 Å². The lowest BCUT2D eigenvalue weighted by Gasteiger charge is -2.15. The number of hydrogen-bond donors (Lipinski definition) is 0. The molecule has 0 fully saturated rings. The molecule has 13 heavy (non-hydrogen) atoms. The van der Waals surface area contributed by atoms with E-state index in [1.54, 1.807) is 7.11 Å². The highest BCUT2D eigenvalue weighted by Gasteiger charge is 2.13. The molecule has 0 aliphatic carbocycles. The molecule has 0 heterocycles. The first-order valence-electron chi connectivity index (χ1n) is 4.64. The van der Waals surface area contributed by atoms with Gasteiger partial charge in [0, 0.05) is 8.07 Å². The van der Waals surface area contributed by atoms with Gasteiger partial charge in [0.25, 0.3) is 0 Å². The Morgan fingerprint density at radius 3 is 2.00 bits per heavy atom. The van der Waals surface area contributed by atoms with Crippen LogP contribution < -0.4 is 4.74 Å². The highest BCUT2D eigenvalue weighted by molar-refractivity contribution is 6.75. The molecular formula is C11H18OSi. The number of rotatable bonds is 3. The van der Waals surface area contributed by atoms with Crippen LogP contribution in [0, 0.1) is 0 Å². The first-order chi connectivity index (χ1) is 6.01. The molecular weight excluding hydrogens is 177 g/mol. The predicted molar refractivity (Wildman–Crippen MR) is 60.0 cm³/mol. The Balaban J connectivity index is 2.70. The average Bonchev–Trinajstić information content (AvgIpc) is 2.03. The normalized spacial score (nSPS) is 11.4. The fraction of sp³-hybridized carbons (Fsp3) is 0.455. The van der Waals surface area contributed by atoms with E-state index < -0.39 is 8.07 Å². The Kier molecular flexibility index (Phi) is 3.15. The maximum Gasteiger partial charge on any atom is 0.118 e. The lowest BCUT2D eigenvalue weighted by atomic mass is 10.3. The van der Waals surface area contributed by atoms with Crippen LogP contribution in [0.3, 0.4) is 0 Å². The van der Waals surface area contributed by atoms with Crippen molar-refractivity contribution in [3.05, 3.63) is 29.8 Å². The molecule has 0 amide bonds. The van der Waals surface area contributed by atoms with Gasteiger partial charge in [-0.25, -0.2) is 0 Å². The van der Waals surface area contributed by atoms with Crippen molar-refractivity contribution in [1.82, 2.24) is 0 Å². The van der Waals surface area contributed by atoms with Crippen molar-refractivity contribution in [3.8, 4) is 5.75 Å². The van der Waals surface area contributed by atoms with E-state index in [0.717, 1.165) is 5.75 Å². The average molecular weight is 195 g/mol. The smallest absolute Gasteiger partial charge is 0.118 e. The number of methoxy groups -OCH3 is 1. The van der Waals surface area contributed by atoms with E-state index in [1.807, 2.05) is 12.1 Å². The molecule has 0 saturated carbocycles. The van der Waals surface area contributed by atoms with Gasteiger partial charge in [-0.3, -0.25) is 0 Å². The summed E-state index contributed by atoms with van der Waals surface area (Å²) in [6, 6.07) is 9.65. The van der Waals surface area contributed by atoms with Crippen LogP contribution in [-0.4, -0.2) is 15.2 Å². The third-order valence-electron chi connectivity index (χ3n) is 1.89. The van der Waals surface area contributed by atoms with E-state index in [4.69, 9.17) is 4.74 Å². The van der Waals surface area contributed by atoms with Gasteiger partial charge in [-0.1, -0.05) is 37.3 Å². The summed E-state index contributed by atoms with van der Waals surface area (Å²) < 4.78 is 5.11. The summed E-state index contributed by atoms with van der Waals surface area (Å²) in [4.78, 5) is 0. The Labute approximate surface area is 81.8 Å². The molecule has 0 radical (unpaired) electrons. The van der Waals surface area contributed by atoms with Gasteiger partial charge in [0.15, 0.2) is 0 Å². The molecule has 0 bridgehead atoms. The molecule has 1 aromatic rings. The zero-order valence-corrected chi connectivity index (χ0v) is 9.92. The Hall–Kier alpha value is -0.763. The van der Waals surface area contributed by atoms with Crippen molar-refractivity contribution in [1.29, 1.82) is 0 Å². The van der Waals surface area contributed by atoms with Crippen molar-refractivity contribution >= 4 is 8.07 Å². The molecule has 0 N–H and O–H groups in total. The molecule has 0 aliphatic rings. The van der Waals surface area contributed by atoms with E-state index in [-0.39, 0.29) is 0 Å². The molecule has 1 rings (SSSR count). The van der Waals surface area contributed by atoms with E-state index in [0.29, 0.717) is 0 Å². The van der Waals surface area contributed by atoms with Gasteiger partial charge in [-0.15, -0.1) is 0 Å². The molecule has 1 nitrogen and oxygen atoms in total. The van der Waals surface area contributed by atoms with Crippen molar-refractivity contribution in [2.24, 2.45) is 0 Å². The third kappa shape index (κ3) is 3.64. The minimum atomic E-state index is -0.966. The van der Waals surface area contributed by atoms with Crippen LogP contribution in [0.1, 0.15) is 5.56 Å². The zero-order chi connectivity index (χ0) is 9.90. The van der Waals surface area contributed by atoms with Crippen molar-refractivity contribution in [2.75, 3.05) is 7.11 Å². The van der Waals surface area contributed by atoms with Gasteiger partial charge in [0.2, 0.25) is 0 Å². The van der Waals surface area contributed by atoms with Gasteiger partial charge >= 0.3 is 0 Å².